The molecule has 2 aromatic carbocycles. The average Bonchev–Trinajstić information content (AvgIpc) is 3.50. The van der Waals surface area contributed by atoms with Crippen molar-refractivity contribution in [3.63, 3.8) is 0 Å². The number of nitrogens with one attached hydrogen (secondary N) is 2. The summed E-state index contributed by atoms with van der Waals surface area (Å²) in [4.78, 5) is 31.3. The first-order chi connectivity index (χ1) is 16.4. The van der Waals surface area contributed by atoms with Crippen molar-refractivity contribution in [1.29, 1.82) is 0 Å². The minimum atomic E-state index is -0.324. The second-order valence-electron chi connectivity index (χ2n) is 7.13. The fourth-order valence-electron chi connectivity index (χ4n) is 3.07. The van der Waals surface area contributed by atoms with Gasteiger partial charge in [0.05, 0.1) is 20.8 Å². The Hall–Kier alpha value is -2.36. The molecule has 4 aromatic rings. The quantitative estimate of drug-likeness (QED) is 0.219. The van der Waals surface area contributed by atoms with Crippen LogP contribution in [0.2, 0.25) is 10.0 Å². The number of nitrogens with zero attached hydrogens (tertiary/aromatic N) is 1. The molecule has 4 rings (SSSR count). The lowest BCUT2D eigenvalue weighted by Gasteiger charge is -2.14. The molecular weight excluding hydrogens is 529 g/mol. The van der Waals surface area contributed by atoms with E-state index in [2.05, 4.69) is 15.6 Å². The standard InChI is InChI=1S/C24H19Cl2N3O2S3/c1-2-20(34-16-6-3-5-15(12-16)27-23(31)21-7-4-10-32-21)22(30)29-24-28-19(13-33-24)17-9-8-14(25)11-18(17)26/h3-13,20H,2H2,1H3,(H,27,31)(H,28,29,30). The molecule has 2 heterocycles. The lowest BCUT2D eigenvalue weighted by atomic mass is 10.2. The summed E-state index contributed by atoms with van der Waals surface area (Å²) in [7, 11) is 0. The summed E-state index contributed by atoms with van der Waals surface area (Å²) in [5, 5.41) is 10.8. The number of anilines is 2. The van der Waals surface area contributed by atoms with Gasteiger partial charge in [-0.25, -0.2) is 4.98 Å². The van der Waals surface area contributed by atoms with Gasteiger partial charge in [0.25, 0.3) is 5.91 Å². The molecule has 0 aliphatic heterocycles. The van der Waals surface area contributed by atoms with Crippen LogP contribution < -0.4 is 10.6 Å². The number of thiazole rings is 1. The number of benzene rings is 2. The summed E-state index contributed by atoms with van der Waals surface area (Å²) in [6, 6.07) is 16.3. The van der Waals surface area contributed by atoms with Crippen molar-refractivity contribution in [1.82, 2.24) is 4.98 Å². The van der Waals surface area contributed by atoms with Gasteiger partial charge in [0.2, 0.25) is 5.91 Å². The zero-order valence-corrected chi connectivity index (χ0v) is 21.8. The van der Waals surface area contributed by atoms with Gasteiger partial charge in [-0.3, -0.25) is 9.59 Å². The first-order valence-electron chi connectivity index (χ1n) is 10.3. The van der Waals surface area contributed by atoms with Crippen molar-refractivity contribution in [3.05, 3.63) is 80.3 Å². The van der Waals surface area contributed by atoms with Gasteiger partial charge in [-0.1, -0.05) is 42.3 Å². The van der Waals surface area contributed by atoms with Crippen LogP contribution in [-0.4, -0.2) is 22.0 Å². The summed E-state index contributed by atoms with van der Waals surface area (Å²) in [6.07, 6.45) is 0.628. The largest absolute Gasteiger partial charge is 0.321 e. The van der Waals surface area contributed by atoms with Crippen LogP contribution in [0, 0.1) is 0 Å². The summed E-state index contributed by atoms with van der Waals surface area (Å²) >= 11 is 16.4. The summed E-state index contributed by atoms with van der Waals surface area (Å²) in [6.45, 7) is 1.96. The van der Waals surface area contributed by atoms with E-state index >= 15 is 0 Å². The third-order valence-corrected chi connectivity index (χ3v) is 8.25. The maximum atomic E-state index is 12.9. The highest BCUT2D eigenvalue weighted by Crippen LogP contribution is 2.33. The van der Waals surface area contributed by atoms with Crippen molar-refractivity contribution in [2.75, 3.05) is 10.6 Å². The van der Waals surface area contributed by atoms with Crippen LogP contribution in [0.25, 0.3) is 11.3 Å². The van der Waals surface area contributed by atoms with Crippen LogP contribution in [0.3, 0.4) is 0 Å². The average molecular weight is 549 g/mol. The topological polar surface area (TPSA) is 71.1 Å². The molecule has 10 heteroatoms. The molecule has 2 amide bonds. The molecular formula is C24H19Cl2N3O2S3. The molecule has 34 heavy (non-hydrogen) atoms. The number of aromatic nitrogens is 1. The predicted octanol–water partition coefficient (Wildman–Crippen LogP) is 7.94. The molecule has 0 spiro atoms. The van der Waals surface area contributed by atoms with E-state index in [1.54, 1.807) is 24.3 Å². The number of hydrogen-bond acceptors (Lipinski definition) is 6. The van der Waals surface area contributed by atoms with Crippen LogP contribution in [0.4, 0.5) is 10.8 Å². The SMILES string of the molecule is CCC(Sc1cccc(NC(=O)c2cccs2)c1)C(=O)Nc1nc(-c2ccc(Cl)cc2Cl)cs1. The highest BCUT2D eigenvalue weighted by molar-refractivity contribution is 8.00. The molecule has 5 nitrogen and oxygen atoms in total. The number of halogens is 2. The van der Waals surface area contributed by atoms with Crippen LogP contribution in [-0.2, 0) is 4.79 Å². The molecule has 2 aromatic heterocycles. The van der Waals surface area contributed by atoms with E-state index in [4.69, 9.17) is 23.2 Å². The molecule has 0 saturated carbocycles. The van der Waals surface area contributed by atoms with E-state index in [0.29, 0.717) is 37.9 Å². The molecule has 1 atom stereocenters. The normalized spacial score (nSPS) is 11.7. The molecule has 0 aliphatic carbocycles. The Morgan fingerprint density at radius 2 is 1.91 bits per heavy atom. The van der Waals surface area contributed by atoms with E-state index in [1.807, 2.05) is 48.0 Å². The predicted molar refractivity (Wildman–Crippen MR) is 145 cm³/mol. The minimum Gasteiger partial charge on any atom is -0.321 e. The van der Waals surface area contributed by atoms with Crippen LogP contribution in [0.15, 0.2) is 70.3 Å². The van der Waals surface area contributed by atoms with E-state index in [0.717, 1.165) is 10.5 Å². The van der Waals surface area contributed by atoms with Crippen LogP contribution in [0.1, 0.15) is 23.0 Å². The van der Waals surface area contributed by atoms with Crippen molar-refractivity contribution >= 4 is 80.3 Å². The van der Waals surface area contributed by atoms with E-state index in [1.165, 1.54) is 34.4 Å². The molecule has 0 aliphatic rings. The van der Waals surface area contributed by atoms with Gasteiger partial charge in [-0.05, 0) is 54.3 Å². The van der Waals surface area contributed by atoms with Gasteiger partial charge >= 0.3 is 0 Å². The molecule has 0 radical (unpaired) electrons. The Bertz CT molecular complexity index is 1310. The first kappa shape index (κ1) is 24.8. The molecule has 0 fully saturated rings. The Labute approximate surface area is 219 Å². The molecule has 1 unspecified atom stereocenters. The number of carbonyl (C=O) groups excluding carboxylic acids is 2. The zero-order valence-electron chi connectivity index (χ0n) is 17.9. The summed E-state index contributed by atoms with van der Waals surface area (Å²) in [5.74, 6) is -0.286. The van der Waals surface area contributed by atoms with Crippen molar-refractivity contribution in [2.24, 2.45) is 0 Å². The van der Waals surface area contributed by atoms with Crippen molar-refractivity contribution < 1.29 is 9.59 Å². The Balaban J connectivity index is 1.41. The maximum absolute atomic E-state index is 12.9. The van der Waals surface area contributed by atoms with Crippen LogP contribution >= 0.6 is 57.6 Å². The number of thioether (sulfide) groups is 1. The number of amides is 2. The highest BCUT2D eigenvalue weighted by atomic mass is 35.5. The van der Waals surface area contributed by atoms with Crippen LogP contribution in [0.5, 0.6) is 0 Å². The van der Waals surface area contributed by atoms with Gasteiger partial charge in [0.1, 0.15) is 0 Å². The van der Waals surface area contributed by atoms with Gasteiger partial charge in [0, 0.05) is 26.5 Å². The lowest BCUT2D eigenvalue weighted by Crippen LogP contribution is -2.24. The number of hydrogen-bond donors (Lipinski definition) is 2. The lowest BCUT2D eigenvalue weighted by molar-refractivity contribution is -0.115. The number of carbonyl (C=O) groups is 2. The van der Waals surface area contributed by atoms with Crippen molar-refractivity contribution in [2.45, 2.75) is 23.5 Å². The second-order valence-corrected chi connectivity index (χ2v) is 11.1. The van der Waals surface area contributed by atoms with E-state index in [-0.39, 0.29) is 17.1 Å². The maximum Gasteiger partial charge on any atom is 0.265 e. The number of rotatable bonds is 8. The van der Waals surface area contributed by atoms with Gasteiger partial charge in [-0.15, -0.1) is 34.4 Å². The van der Waals surface area contributed by atoms with Gasteiger partial charge < -0.3 is 10.6 Å². The Morgan fingerprint density at radius 3 is 2.65 bits per heavy atom. The summed E-state index contributed by atoms with van der Waals surface area (Å²) < 4.78 is 0. The van der Waals surface area contributed by atoms with Gasteiger partial charge in [-0.2, -0.15) is 0 Å². The Morgan fingerprint density at radius 1 is 1.06 bits per heavy atom. The minimum absolute atomic E-state index is 0.136. The third kappa shape index (κ3) is 6.20. The molecule has 174 valence electrons. The third-order valence-electron chi connectivity index (χ3n) is 4.72. The van der Waals surface area contributed by atoms with E-state index < -0.39 is 0 Å². The van der Waals surface area contributed by atoms with Crippen molar-refractivity contribution in [3.8, 4) is 11.3 Å². The van der Waals surface area contributed by atoms with Gasteiger partial charge in [0.15, 0.2) is 5.13 Å². The number of thiophene rings is 1. The zero-order chi connectivity index (χ0) is 24.1. The first-order valence-corrected chi connectivity index (χ1v) is 13.7. The molecule has 0 bridgehead atoms. The monoisotopic (exact) mass is 547 g/mol. The highest BCUT2D eigenvalue weighted by Gasteiger charge is 2.20. The summed E-state index contributed by atoms with van der Waals surface area (Å²) in [5.41, 5.74) is 2.12. The fraction of sp³-hybridized carbons (Fsp3) is 0.125. The molecule has 0 saturated heterocycles. The Kier molecular flexibility index (Phi) is 8.28. The second kappa shape index (κ2) is 11.4. The van der Waals surface area contributed by atoms with E-state index in [9.17, 15) is 9.59 Å². The smallest absolute Gasteiger partial charge is 0.265 e. The molecule has 2 N–H and O–H groups in total. The fourth-order valence-corrected chi connectivity index (χ4v) is 5.92.